The zero-order chi connectivity index (χ0) is 10.7. The lowest BCUT2D eigenvalue weighted by atomic mass is 10.3. The molecule has 6 heteroatoms. The van der Waals surface area contributed by atoms with Gasteiger partial charge in [-0.15, -0.1) is 0 Å². The smallest absolute Gasteiger partial charge is 0.275 e. The van der Waals surface area contributed by atoms with Gasteiger partial charge in [-0.1, -0.05) is 0 Å². The van der Waals surface area contributed by atoms with Gasteiger partial charge in [-0.3, -0.25) is 9.80 Å². The van der Waals surface area contributed by atoms with Gasteiger partial charge in [0.25, 0.3) is 5.56 Å². The lowest BCUT2D eigenvalue weighted by Gasteiger charge is -2.13. The summed E-state index contributed by atoms with van der Waals surface area (Å²) in [4.78, 5) is 11.5. The summed E-state index contributed by atoms with van der Waals surface area (Å²) >= 11 is 0. The molecular formula is C8H13N5O. The Balaban J connectivity index is 3.27. The normalized spacial score (nSPS) is 10.7. The van der Waals surface area contributed by atoms with E-state index >= 15 is 0 Å². The number of nitrogens with zero attached hydrogens (tertiary/aromatic N) is 2. The molecule has 0 aliphatic carbocycles. The summed E-state index contributed by atoms with van der Waals surface area (Å²) in [6.07, 6.45) is 4.13. The zero-order valence-electron chi connectivity index (χ0n) is 7.84. The largest absolute Gasteiger partial charge is 0.403 e. The molecule has 0 amide bonds. The van der Waals surface area contributed by atoms with Crippen LogP contribution in [0.25, 0.3) is 0 Å². The number of nitrogens with two attached hydrogens (primary N) is 3. The van der Waals surface area contributed by atoms with Gasteiger partial charge in [0.2, 0.25) is 0 Å². The molecule has 1 heterocycles. The van der Waals surface area contributed by atoms with Crippen molar-refractivity contribution < 1.29 is 0 Å². The second-order valence-corrected chi connectivity index (χ2v) is 2.82. The van der Waals surface area contributed by atoms with Crippen LogP contribution in [0.15, 0.2) is 29.5 Å². The van der Waals surface area contributed by atoms with Crippen LogP contribution in [-0.2, 0) is 7.05 Å². The molecule has 0 unspecified atom stereocenters. The third-order valence-corrected chi connectivity index (χ3v) is 1.71. The topological polar surface area (TPSA) is 103 Å². The van der Waals surface area contributed by atoms with Gasteiger partial charge in [-0.2, -0.15) is 0 Å². The molecule has 0 fully saturated rings. The van der Waals surface area contributed by atoms with Crippen molar-refractivity contribution in [1.82, 2.24) is 4.57 Å². The Bertz CT molecular complexity index is 409. The molecular weight excluding hydrogens is 182 g/mol. The van der Waals surface area contributed by atoms with Crippen molar-refractivity contribution in [2.45, 2.75) is 0 Å². The predicted octanol–water partition coefficient (Wildman–Crippen LogP) is -0.922. The summed E-state index contributed by atoms with van der Waals surface area (Å²) in [7, 11) is 1.60. The molecule has 14 heavy (non-hydrogen) atoms. The molecule has 1 aromatic heterocycles. The molecule has 1 rings (SSSR count). The first-order valence-corrected chi connectivity index (χ1v) is 3.94. The van der Waals surface area contributed by atoms with Crippen molar-refractivity contribution >= 4 is 11.4 Å². The van der Waals surface area contributed by atoms with Crippen LogP contribution in [0.3, 0.4) is 0 Å². The van der Waals surface area contributed by atoms with Crippen molar-refractivity contribution in [3.8, 4) is 0 Å². The second-order valence-electron chi connectivity index (χ2n) is 2.82. The van der Waals surface area contributed by atoms with E-state index in [4.69, 9.17) is 17.3 Å². The van der Waals surface area contributed by atoms with Crippen molar-refractivity contribution in [3.05, 3.63) is 35.0 Å². The number of rotatable bonds is 2. The third kappa shape index (κ3) is 1.86. The highest BCUT2D eigenvalue weighted by Gasteiger charge is 2.06. The number of hydrazine groups is 1. The molecule has 0 saturated carbocycles. The number of nitrogen functional groups attached to an aromatic ring is 1. The van der Waals surface area contributed by atoms with Gasteiger partial charge in [-0.05, 0) is 6.07 Å². The van der Waals surface area contributed by atoms with Crippen LogP contribution in [0.1, 0.15) is 0 Å². The molecule has 6 nitrogen and oxygen atoms in total. The van der Waals surface area contributed by atoms with E-state index in [0.29, 0.717) is 5.69 Å². The molecule has 1 aromatic rings. The van der Waals surface area contributed by atoms with E-state index in [1.165, 1.54) is 29.2 Å². The average molecular weight is 195 g/mol. The van der Waals surface area contributed by atoms with Gasteiger partial charge in [0, 0.05) is 25.6 Å². The maximum Gasteiger partial charge on any atom is 0.275 e. The van der Waals surface area contributed by atoms with Gasteiger partial charge >= 0.3 is 0 Å². The van der Waals surface area contributed by atoms with Crippen LogP contribution < -0.4 is 27.9 Å². The fraction of sp³-hybridized carbons (Fsp3) is 0.125. The Morgan fingerprint density at radius 1 is 1.57 bits per heavy atom. The first kappa shape index (κ1) is 10.1. The average Bonchev–Trinajstić information content (AvgIpc) is 2.11. The SMILES string of the molecule is Cn1cc(N)cc(N(N)/C=C\N)c1=O. The molecule has 0 aromatic carbocycles. The van der Waals surface area contributed by atoms with Crippen LogP contribution in [0.5, 0.6) is 0 Å². The maximum atomic E-state index is 11.5. The fourth-order valence-corrected chi connectivity index (χ4v) is 1.08. The van der Waals surface area contributed by atoms with E-state index in [1.807, 2.05) is 0 Å². The van der Waals surface area contributed by atoms with Gasteiger partial charge < -0.3 is 16.0 Å². The minimum atomic E-state index is -0.236. The van der Waals surface area contributed by atoms with Gasteiger partial charge in [0.15, 0.2) is 0 Å². The Hall–Kier alpha value is -1.95. The van der Waals surface area contributed by atoms with Crippen LogP contribution in [0.4, 0.5) is 11.4 Å². The minimum Gasteiger partial charge on any atom is -0.403 e. The number of pyridine rings is 1. The number of hydrogen-bond acceptors (Lipinski definition) is 5. The Morgan fingerprint density at radius 2 is 2.21 bits per heavy atom. The highest BCUT2D eigenvalue weighted by molar-refractivity contribution is 5.54. The lowest BCUT2D eigenvalue weighted by molar-refractivity contribution is 0.851. The maximum absolute atomic E-state index is 11.5. The van der Waals surface area contributed by atoms with Crippen molar-refractivity contribution in [1.29, 1.82) is 0 Å². The summed E-state index contributed by atoms with van der Waals surface area (Å²) in [6, 6.07) is 1.49. The lowest BCUT2D eigenvalue weighted by Crippen LogP contribution is -2.32. The molecule has 0 aliphatic heterocycles. The van der Waals surface area contributed by atoms with E-state index in [2.05, 4.69) is 0 Å². The van der Waals surface area contributed by atoms with E-state index in [9.17, 15) is 4.79 Å². The van der Waals surface area contributed by atoms with E-state index in [0.717, 1.165) is 5.01 Å². The predicted molar refractivity (Wildman–Crippen MR) is 56.1 cm³/mol. The van der Waals surface area contributed by atoms with Crippen LogP contribution in [0, 0.1) is 0 Å². The molecule has 76 valence electrons. The zero-order valence-corrected chi connectivity index (χ0v) is 7.84. The summed E-state index contributed by atoms with van der Waals surface area (Å²) < 4.78 is 1.36. The summed E-state index contributed by atoms with van der Waals surface area (Å²) in [5.74, 6) is 5.54. The standard InChI is InChI=1S/C8H13N5O/c1-12-5-6(10)4-7(8(12)14)13(11)3-2-9/h2-5H,9-11H2,1H3/b3-2-. The molecule has 0 aliphatic rings. The fourth-order valence-electron chi connectivity index (χ4n) is 1.08. The van der Waals surface area contributed by atoms with E-state index in [1.54, 1.807) is 7.05 Å². The Kier molecular flexibility index (Phi) is 2.78. The molecule has 0 saturated heterocycles. The first-order valence-electron chi connectivity index (χ1n) is 3.94. The van der Waals surface area contributed by atoms with Crippen molar-refractivity contribution in [2.75, 3.05) is 10.7 Å². The quantitative estimate of drug-likeness (QED) is 0.418. The number of aromatic nitrogens is 1. The number of hydrogen-bond donors (Lipinski definition) is 3. The van der Waals surface area contributed by atoms with Crippen molar-refractivity contribution in [2.24, 2.45) is 18.6 Å². The Morgan fingerprint density at radius 3 is 2.79 bits per heavy atom. The monoisotopic (exact) mass is 195 g/mol. The second kappa shape index (κ2) is 3.84. The molecule has 0 radical (unpaired) electrons. The van der Waals surface area contributed by atoms with E-state index < -0.39 is 0 Å². The van der Waals surface area contributed by atoms with Gasteiger partial charge in [-0.25, -0.2) is 5.84 Å². The molecule has 0 spiro atoms. The van der Waals surface area contributed by atoms with Gasteiger partial charge in [0.05, 0.1) is 5.69 Å². The summed E-state index contributed by atoms with van der Waals surface area (Å²) in [6.45, 7) is 0. The van der Waals surface area contributed by atoms with Crippen LogP contribution in [-0.4, -0.2) is 4.57 Å². The highest BCUT2D eigenvalue weighted by atomic mass is 16.1. The molecule has 6 N–H and O–H groups in total. The minimum absolute atomic E-state index is 0.236. The molecule has 0 atom stereocenters. The summed E-state index contributed by atoms with van der Waals surface area (Å²) in [5, 5.41) is 1.12. The molecule has 0 bridgehead atoms. The van der Waals surface area contributed by atoms with Crippen LogP contribution >= 0.6 is 0 Å². The third-order valence-electron chi connectivity index (χ3n) is 1.71. The highest BCUT2D eigenvalue weighted by Crippen LogP contribution is 2.08. The summed E-state index contributed by atoms with van der Waals surface area (Å²) in [5.41, 5.74) is 11.2. The first-order chi connectivity index (χ1) is 6.56. The van der Waals surface area contributed by atoms with Crippen LogP contribution in [0.2, 0.25) is 0 Å². The van der Waals surface area contributed by atoms with Gasteiger partial charge in [0.1, 0.15) is 5.69 Å². The Labute approximate surface area is 81.2 Å². The van der Waals surface area contributed by atoms with E-state index in [-0.39, 0.29) is 11.2 Å². The van der Waals surface area contributed by atoms with Crippen molar-refractivity contribution in [3.63, 3.8) is 0 Å². The number of aryl methyl sites for hydroxylation is 1. The number of anilines is 2.